The Balaban J connectivity index is 1.75. The molecule has 0 atom stereocenters. The van der Waals surface area contributed by atoms with Crippen molar-refractivity contribution in [2.45, 2.75) is 6.42 Å². The normalized spacial score (nSPS) is 10.7. The quantitative estimate of drug-likeness (QED) is 0.492. The lowest BCUT2D eigenvalue weighted by atomic mass is 10.1. The first-order valence-corrected chi connectivity index (χ1v) is 9.87. The molecular formula is C23H27N3O4. The van der Waals surface area contributed by atoms with E-state index in [1.165, 1.54) is 0 Å². The highest BCUT2D eigenvalue weighted by molar-refractivity contribution is 5.99. The number of hydrogen-bond donors (Lipinski definition) is 1. The molecule has 0 aliphatic heterocycles. The van der Waals surface area contributed by atoms with E-state index in [0.717, 1.165) is 23.4 Å². The van der Waals surface area contributed by atoms with E-state index in [2.05, 4.69) is 10.4 Å². The number of para-hydroxylation sites is 1. The van der Waals surface area contributed by atoms with Crippen molar-refractivity contribution in [1.82, 2.24) is 15.1 Å². The second-order valence-corrected chi connectivity index (χ2v) is 6.61. The first-order valence-electron chi connectivity index (χ1n) is 9.87. The zero-order chi connectivity index (χ0) is 21.2. The number of ether oxygens (including phenoxy) is 3. The fourth-order valence-electron chi connectivity index (χ4n) is 2.93. The summed E-state index contributed by atoms with van der Waals surface area (Å²) in [4.78, 5) is 12.9. The van der Waals surface area contributed by atoms with E-state index in [1.807, 2.05) is 54.6 Å². The highest BCUT2D eigenvalue weighted by Crippen LogP contribution is 2.25. The first-order chi connectivity index (χ1) is 14.7. The van der Waals surface area contributed by atoms with Crippen LogP contribution in [0.2, 0.25) is 0 Å². The number of aromatic nitrogens is 2. The molecular weight excluding hydrogens is 382 g/mol. The molecule has 7 nitrogen and oxygen atoms in total. The molecule has 30 heavy (non-hydrogen) atoms. The predicted octanol–water partition coefficient (Wildman–Crippen LogP) is 3.33. The lowest BCUT2D eigenvalue weighted by Crippen LogP contribution is -2.25. The van der Waals surface area contributed by atoms with Crippen LogP contribution in [0.4, 0.5) is 0 Å². The Bertz CT molecular complexity index is 923. The molecule has 1 aromatic heterocycles. The van der Waals surface area contributed by atoms with Crippen molar-refractivity contribution in [2.24, 2.45) is 0 Å². The summed E-state index contributed by atoms with van der Waals surface area (Å²) in [6.45, 7) is 2.20. The van der Waals surface area contributed by atoms with Crippen LogP contribution in [0.25, 0.3) is 16.9 Å². The van der Waals surface area contributed by atoms with E-state index >= 15 is 0 Å². The average molecular weight is 409 g/mol. The predicted molar refractivity (Wildman–Crippen MR) is 115 cm³/mol. The molecule has 7 heteroatoms. The third-order valence-corrected chi connectivity index (χ3v) is 4.53. The molecule has 0 radical (unpaired) electrons. The summed E-state index contributed by atoms with van der Waals surface area (Å²) < 4.78 is 17.3. The third kappa shape index (κ3) is 5.68. The van der Waals surface area contributed by atoms with Gasteiger partial charge in [-0.05, 0) is 42.8 Å². The number of benzene rings is 2. The minimum Gasteiger partial charge on any atom is -0.497 e. The number of carbonyl (C=O) groups is 1. The Hall–Kier alpha value is -3.16. The monoisotopic (exact) mass is 409 g/mol. The molecule has 1 heterocycles. The SMILES string of the molecule is COCCOCCCNC(=O)c1cn(-c2ccccc2)nc1-c1ccc(OC)cc1. The topological polar surface area (TPSA) is 74.6 Å². The number of nitrogens with one attached hydrogen (secondary N) is 1. The number of hydrogen-bond acceptors (Lipinski definition) is 5. The van der Waals surface area contributed by atoms with Crippen molar-refractivity contribution in [3.8, 4) is 22.7 Å². The number of methoxy groups -OCH3 is 2. The molecule has 0 aliphatic rings. The molecule has 158 valence electrons. The zero-order valence-electron chi connectivity index (χ0n) is 17.3. The molecule has 0 aliphatic carbocycles. The van der Waals surface area contributed by atoms with Gasteiger partial charge >= 0.3 is 0 Å². The summed E-state index contributed by atoms with van der Waals surface area (Å²) in [6.07, 6.45) is 2.49. The highest BCUT2D eigenvalue weighted by Gasteiger charge is 2.18. The fourth-order valence-corrected chi connectivity index (χ4v) is 2.93. The second-order valence-electron chi connectivity index (χ2n) is 6.61. The summed E-state index contributed by atoms with van der Waals surface area (Å²) in [5, 5.41) is 7.64. The third-order valence-electron chi connectivity index (χ3n) is 4.53. The van der Waals surface area contributed by atoms with Gasteiger partial charge in [0.15, 0.2) is 0 Å². The van der Waals surface area contributed by atoms with Crippen molar-refractivity contribution in [2.75, 3.05) is 40.6 Å². The van der Waals surface area contributed by atoms with Gasteiger partial charge in [0.05, 0.1) is 31.6 Å². The maximum atomic E-state index is 12.9. The van der Waals surface area contributed by atoms with Gasteiger partial charge in [0, 0.05) is 32.0 Å². The maximum Gasteiger partial charge on any atom is 0.255 e. The molecule has 0 saturated carbocycles. The summed E-state index contributed by atoms with van der Waals surface area (Å²) in [5.41, 5.74) is 2.87. The summed E-state index contributed by atoms with van der Waals surface area (Å²) in [7, 11) is 3.26. The van der Waals surface area contributed by atoms with E-state index in [9.17, 15) is 4.79 Å². The Morgan fingerprint density at radius 3 is 2.47 bits per heavy atom. The maximum absolute atomic E-state index is 12.9. The van der Waals surface area contributed by atoms with Gasteiger partial charge in [0.1, 0.15) is 11.4 Å². The van der Waals surface area contributed by atoms with Crippen molar-refractivity contribution in [3.63, 3.8) is 0 Å². The van der Waals surface area contributed by atoms with Crippen molar-refractivity contribution in [3.05, 3.63) is 66.4 Å². The molecule has 3 rings (SSSR count). The molecule has 0 spiro atoms. The van der Waals surface area contributed by atoms with Crippen molar-refractivity contribution >= 4 is 5.91 Å². The van der Waals surface area contributed by atoms with Crippen molar-refractivity contribution < 1.29 is 19.0 Å². The number of carbonyl (C=O) groups excluding carboxylic acids is 1. The Kier molecular flexibility index (Phi) is 8.00. The van der Waals surface area contributed by atoms with Crippen LogP contribution in [0.1, 0.15) is 16.8 Å². The minimum absolute atomic E-state index is 0.167. The fraction of sp³-hybridized carbons (Fsp3) is 0.304. The van der Waals surface area contributed by atoms with Gasteiger partial charge in [-0.3, -0.25) is 4.79 Å². The van der Waals surface area contributed by atoms with Crippen LogP contribution < -0.4 is 10.1 Å². The van der Waals surface area contributed by atoms with Crippen LogP contribution in [0.5, 0.6) is 5.75 Å². The van der Waals surface area contributed by atoms with Crippen LogP contribution in [-0.4, -0.2) is 56.3 Å². The van der Waals surface area contributed by atoms with Gasteiger partial charge < -0.3 is 19.5 Å². The van der Waals surface area contributed by atoms with Gasteiger partial charge in [-0.25, -0.2) is 4.68 Å². The van der Waals surface area contributed by atoms with Crippen LogP contribution in [0, 0.1) is 0 Å². The average Bonchev–Trinajstić information content (AvgIpc) is 3.25. The molecule has 0 fully saturated rings. The van der Waals surface area contributed by atoms with Crippen LogP contribution >= 0.6 is 0 Å². The standard InChI is InChI=1S/C23H27N3O4/c1-28-15-16-30-14-6-13-24-23(27)21-17-26(19-7-4-3-5-8-19)25-22(21)18-9-11-20(29-2)12-10-18/h3-5,7-12,17H,6,13-16H2,1-2H3,(H,24,27). The lowest BCUT2D eigenvalue weighted by Gasteiger charge is -2.07. The smallest absolute Gasteiger partial charge is 0.255 e. The van der Waals surface area contributed by atoms with Crippen LogP contribution in [-0.2, 0) is 9.47 Å². The molecule has 0 bridgehead atoms. The van der Waals surface area contributed by atoms with Crippen LogP contribution in [0.3, 0.4) is 0 Å². The molecule has 3 aromatic rings. The first kappa shape index (κ1) is 21.5. The molecule has 0 saturated heterocycles. The summed E-state index contributed by atoms with van der Waals surface area (Å²) in [5.74, 6) is 0.584. The zero-order valence-corrected chi connectivity index (χ0v) is 17.3. The molecule has 2 aromatic carbocycles. The van der Waals surface area contributed by atoms with E-state index in [4.69, 9.17) is 14.2 Å². The summed E-state index contributed by atoms with van der Waals surface area (Å²) in [6, 6.07) is 17.2. The lowest BCUT2D eigenvalue weighted by molar-refractivity contribution is 0.0688. The molecule has 1 amide bonds. The van der Waals surface area contributed by atoms with E-state index < -0.39 is 0 Å². The molecule has 0 unspecified atom stereocenters. The van der Waals surface area contributed by atoms with Crippen LogP contribution in [0.15, 0.2) is 60.8 Å². The number of rotatable bonds is 11. The summed E-state index contributed by atoms with van der Waals surface area (Å²) >= 11 is 0. The second kappa shape index (κ2) is 11.1. The van der Waals surface area contributed by atoms with E-state index in [1.54, 1.807) is 25.1 Å². The van der Waals surface area contributed by atoms with Gasteiger partial charge in [-0.1, -0.05) is 18.2 Å². The van der Waals surface area contributed by atoms with Gasteiger partial charge in [0.2, 0.25) is 0 Å². The Morgan fingerprint density at radius 2 is 1.77 bits per heavy atom. The Morgan fingerprint density at radius 1 is 1.00 bits per heavy atom. The highest BCUT2D eigenvalue weighted by atomic mass is 16.5. The number of amides is 1. The largest absolute Gasteiger partial charge is 0.497 e. The van der Waals surface area contributed by atoms with Gasteiger partial charge in [0.25, 0.3) is 5.91 Å². The minimum atomic E-state index is -0.167. The van der Waals surface area contributed by atoms with E-state index in [0.29, 0.717) is 37.6 Å². The number of nitrogens with zero attached hydrogens (tertiary/aromatic N) is 2. The molecule has 1 N–H and O–H groups in total. The Labute approximate surface area is 176 Å². The van der Waals surface area contributed by atoms with E-state index in [-0.39, 0.29) is 5.91 Å². The van der Waals surface area contributed by atoms with Gasteiger partial charge in [-0.15, -0.1) is 0 Å². The van der Waals surface area contributed by atoms with Gasteiger partial charge in [-0.2, -0.15) is 5.10 Å². The van der Waals surface area contributed by atoms with Crippen molar-refractivity contribution in [1.29, 1.82) is 0 Å².